The van der Waals surface area contributed by atoms with Gasteiger partial charge in [-0.15, -0.1) is 11.6 Å². The molecule has 0 saturated heterocycles. The van der Waals surface area contributed by atoms with Crippen LogP contribution in [0.5, 0.6) is 0 Å². The molecule has 0 aromatic carbocycles. The highest BCUT2D eigenvalue weighted by Crippen LogP contribution is 2.71. The number of allylic oxidation sites excluding steroid dienone is 4. The number of carbonyl (C=O) groups excluding carboxylic acids is 2. The summed E-state index contributed by atoms with van der Waals surface area (Å²) in [6.45, 7) is 2.69. The third kappa shape index (κ3) is 2.57. The normalized spacial score (nSPS) is 47.3. The van der Waals surface area contributed by atoms with Crippen molar-refractivity contribution in [3.63, 3.8) is 0 Å². The highest BCUT2D eigenvalue weighted by atomic mass is 35.5. The molecule has 1 N–H and O–H groups in total. The van der Waals surface area contributed by atoms with E-state index in [2.05, 4.69) is 0 Å². The zero-order valence-electron chi connectivity index (χ0n) is 17.7. The van der Waals surface area contributed by atoms with Crippen LogP contribution >= 0.6 is 11.6 Å². The van der Waals surface area contributed by atoms with Gasteiger partial charge in [0, 0.05) is 17.9 Å². The molecular weight excluding hydrogens is 411 g/mol. The van der Waals surface area contributed by atoms with Crippen LogP contribution < -0.4 is 0 Å². The van der Waals surface area contributed by atoms with Crippen LogP contribution in [0.4, 0.5) is 4.39 Å². The van der Waals surface area contributed by atoms with Crippen molar-refractivity contribution in [2.75, 3.05) is 20.6 Å². The van der Waals surface area contributed by atoms with E-state index in [0.29, 0.717) is 25.7 Å². The van der Waals surface area contributed by atoms with E-state index in [1.54, 1.807) is 6.08 Å². The number of aliphatic hydroxyl groups excluding tert-OH is 1. The van der Waals surface area contributed by atoms with Gasteiger partial charge in [0.2, 0.25) is 0 Å². The Morgan fingerprint density at radius 3 is 2.73 bits per heavy atom. The van der Waals surface area contributed by atoms with E-state index >= 15 is 0 Å². The lowest BCUT2D eigenvalue weighted by Gasteiger charge is -2.64. The van der Waals surface area contributed by atoms with Gasteiger partial charge >= 0.3 is 0 Å². The van der Waals surface area contributed by atoms with Crippen molar-refractivity contribution >= 4 is 23.2 Å². The lowest BCUT2D eigenvalue weighted by atomic mass is 9.45. The van der Waals surface area contributed by atoms with Gasteiger partial charge in [0.15, 0.2) is 18.2 Å². The summed E-state index contributed by atoms with van der Waals surface area (Å²) < 4.78 is 24.7. The minimum absolute atomic E-state index is 0.0184. The van der Waals surface area contributed by atoms with Gasteiger partial charge in [-0.3, -0.25) is 9.59 Å². The Balaban J connectivity index is 1.79. The maximum atomic E-state index is 13.7. The van der Waals surface area contributed by atoms with Gasteiger partial charge < -0.3 is 14.6 Å². The zero-order valence-corrected chi connectivity index (χ0v) is 18.5. The Kier molecular flexibility index (Phi) is 5.33. The smallest absolute Gasteiger partial charge is 0.196 e. The predicted octanol–water partition coefficient (Wildman–Crippen LogP) is 3.52. The van der Waals surface area contributed by atoms with Crippen molar-refractivity contribution < 1.29 is 28.6 Å². The van der Waals surface area contributed by atoms with E-state index in [9.17, 15) is 19.1 Å². The number of alkyl halides is 2. The average Bonchev–Trinajstić information content (AvgIpc) is 3.00. The maximum absolute atomic E-state index is 13.7. The number of Topliss-reactive ketones (excluding diaryl/α,β-unsaturated/α-hetero) is 1. The van der Waals surface area contributed by atoms with Gasteiger partial charge in [-0.1, -0.05) is 25.5 Å². The van der Waals surface area contributed by atoms with Crippen LogP contribution in [0.15, 0.2) is 23.8 Å². The molecule has 0 aliphatic heterocycles. The molecule has 0 radical (unpaired) electrons. The number of hydrogen-bond donors (Lipinski definition) is 1. The van der Waals surface area contributed by atoms with E-state index in [4.69, 9.17) is 21.1 Å². The first-order chi connectivity index (χ1) is 14.1. The van der Waals surface area contributed by atoms with Crippen molar-refractivity contribution in [2.24, 2.45) is 22.7 Å². The summed E-state index contributed by atoms with van der Waals surface area (Å²) in [5, 5.41) is 11.5. The molecule has 3 fully saturated rings. The lowest BCUT2D eigenvalue weighted by molar-refractivity contribution is -0.210. The second-order valence-corrected chi connectivity index (χ2v) is 10.4. The third-order valence-electron chi connectivity index (χ3n) is 8.76. The van der Waals surface area contributed by atoms with Crippen molar-refractivity contribution in [1.29, 1.82) is 0 Å². The second kappa shape index (κ2) is 7.22. The first kappa shape index (κ1) is 22.1. The molecule has 4 aliphatic carbocycles. The largest absolute Gasteiger partial charge is 0.391 e. The molecule has 0 aromatic heterocycles. The number of ether oxygens (including phenoxy) is 2. The lowest BCUT2D eigenvalue weighted by Crippen LogP contribution is -2.69. The Morgan fingerprint density at radius 1 is 1.33 bits per heavy atom. The number of ketones is 2. The highest BCUT2D eigenvalue weighted by molar-refractivity contribution is 6.26. The molecule has 1 unspecified atom stereocenters. The van der Waals surface area contributed by atoms with Crippen LogP contribution in [0.1, 0.15) is 46.0 Å². The molecule has 166 valence electrons. The number of carbonyl (C=O) groups is 2. The summed E-state index contributed by atoms with van der Waals surface area (Å²) in [4.78, 5) is 23.8. The molecule has 4 aliphatic rings. The fraction of sp³-hybridized carbons (Fsp3) is 0.739. The fourth-order valence-corrected chi connectivity index (χ4v) is 7.76. The number of fused-ring (bicyclic) bond motifs is 5. The van der Waals surface area contributed by atoms with E-state index < -0.39 is 39.9 Å². The zero-order chi connectivity index (χ0) is 21.9. The van der Waals surface area contributed by atoms with Crippen LogP contribution in [0, 0.1) is 22.7 Å². The Labute approximate surface area is 181 Å². The molecule has 0 spiro atoms. The number of aliphatic hydroxyl groups is 1. The van der Waals surface area contributed by atoms with Crippen LogP contribution in [-0.2, 0) is 19.1 Å². The minimum atomic E-state index is -1.34. The summed E-state index contributed by atoms with van der Waals surface area (Å²) >= 11 is 7.35. The number of methoxy groups -OCH3 is 1. The summed E-state index contributed by atoms with van der Waals surface area (Å²) in [5.74, 6) is -0.772. The topological polar surface area (TPSA) is 72.8 Å². The standard InChI is InChI=1S/C23H30ClFO5/c1-20-8-6-15(26)10-14(20)4-5-17-16-7-9-22(19(28)12-25,30-13-29-3)21(16,2)11-18(27)23(17,20)24/h6,8,10,16-18,27H,4-5,7,9,11-13H2,1-3H3/t16-,17-,18?,20-,21-,22-,23-/m0/s1. The Hall–Kier alpha value is -1.08. The highest BCUT2D eigenvalue weighted by Gasteiger charge is 2.73. The summed E-state index contributed by atoms with van der Waals surface area (Å²) in [5.41, 5.74) is -1.81. The Bertz CT molecular complexity index is 826. The monoisotopic (exact) mass is 440 g/mol. The van der Waals surface area contributed by atoms with Gasteiger partial charge in [-0.25, -0.2) is 4.39 Å². The van der Waals surface area contributed by atoms with E-state index in [1.165, 1.54) is 13.2 Å². The van der Waals surface area contributed by atoms with E-state index in [0.717, 1.165) is 5.57 Å². The maximum Gasteiger partial charge on any atom is 0.196 e. The summed E-state index contributed by atoms with van der Waals surface area (Å²) in [6, 6.07) is 0. The van der Waals surface area contributed by atoms with Crippen molar-refractivity contribution in [3.05, 3.63) is 23.8 Å². The van der Waals surface area contributed by atoms with E-state index in [1.807, 2.05) is 19.9 Å². The number of hydrogen-bond acceptors (Lipinski definition) is 5. The molecule has 7 atom stereocenters. The fourth-order valence-electron chi connectivity index (χ4n) is 7.24. The molecule has 0 amide bonds. The predicted molar refractivity (Wildman–Crippen MR) is 110 cm³/mol. The summed E-state index contributed by atoms with van der Waals surface area (Å²) in [6.07, 6.45) is 6.73. The SMILES string of the molecule is COCO[C@]1(C(=O)CF)CC[C@H]2[C@@H]3CCC4=CC(=O)C=C[C@]4(C)[C@@]3(Cl)C(O)C[C@@]21C. The van der Waals surface area contributed by atoms with Gasteiger partial charge in [-0.05, 0) is 56.1 Å². The van der Waals surface area contributed by atoms with Gasteiger partial charge in [0.1, 0.15) is 12.4 Å². The molecule has 4 rings (SSSR count). The van der Waals surface area contributed by atoms with Crippen LogP contribution in [0.2, 0.25) is 0 Å². The van der Waals surface area contributed by atoms with Crippen LogP contribution in [0.25, 0.3) is 0 Å². The molecule has 30 heavy (non-hydrogen) atoms. The van der Waals surface area contributed by atoms with Gasteiger partial charge in [0.05, 0.1) is 11.0 Å². The molecule has 0 bridgehead atoms. The Morgan fingerprint density at radius 2 is 2.07 bits per heavy atom. The average molecular weight is 441 g/mol. The van der Waals surface area contributed by atoms with E-state index in [-0.39, 0.29) is 30.8 Å². The molecular formula is C23H30ClFO5. The van der Waals surface area contributed by atoms with Crippen molar-refractivity contribution in [3.8, 4) is 0 Å². The molecule has 7 heteroatoms. The third-order valence-corrected chi connectivity index (χ3v) is 9.68. The van der Waals surface area contributed by atoms with Crippen LogP contribution in [-0.4, -0.2) is 53.8 Å². The minimum Gasteiger partial charge on any atom is -0.391 e. The molecule has 5 nitrogen and oxygen atoms in total. The quantitative estimate of drug-likeness (QED) is 0.523. The molecule has 3 saturated carbocycles. The van der Waals surface area contributed by atoms with Crippen molar-refractivity contribution in [2.45, 2.75) is 62.5 Å². The summed E-state index contributed by atoms with van der Waals surface area (Å²) in [7, 11) is 1.47. The number of halogens is 2. The molecule has 0 heterocycles. The van der Waals surface area contributed by atoms with Gasteiger partial charge in [-0.2, -0.15) is 0 Å². The van der Waals surface area contributed by atoms with Crippen molar-refractivity contribution in [1.82, 2.24) is 0 Å². The van der Waals surface area contributed by atoms with Gasteiger partial charge in [0.25, 0.3) is 0 Å². The first-order valence-corrected chi connectivity index (χ1v) is 11.0. The number of rotatable bonds is 5. The first-order valence-electron chi connectivity index (χ1n) is 10.6. The molecule has 0 aromatic rings. The van der Waals surface area contributed by atoms with Crippen LogP contribution in [0.3, 0.4) is 0 Å². The second-order valence-electron chi connectivity index (χ2n) is 9.74.